The summed E-state index contributed by atoms with van der Waals surface area (Å²) < 4.78 is 1.37. The number of hydrogen-bond acceptors (Lipinski definition) is 5. The van der Waals surface area contributed by atoms with Gasteiger partial charge in [0.1, 0.15) is 0 Å². The second-order valence-corrected chi connectivity index (χ2v) is 6.63. The summed E-state index contributed by atoms with van der Waals surface area (Å²) in [5.74, 6) is 0.805. The Morgan fingerprint density at radius 2 is 1.62 bits per heavy atom. The minimum atomic E-state index is -0.105. The van der Waals surface area contributed by atoms with Crippen LogP contribution >= 0.6 is 0 Å². The van der Waals surface area contributed by atoms with Crippen LogP contribution in [0.2, 0.25) is 0 Å². The molecule has 0 atom stereocenters. The number of carbonyl (C=O) groups is 1. The average molecular weight is 383 g/mol. The van der Waals surface area contributed by atoms with Crippen LogP contribution in [0.4, 0.5) is 5.95 Å². The van der Waals surface area contributed by atoms with E-state index < -0.39 is 0 Å². The molecular weight excluding hydrogens is 362 g/mol. The van der Waals surface area contributed by atoms with E-state index in [1.807, 2.05) is 72.8 Å². The van der Waals surface area contributed by atoms with Crippen molar-refractivity contribution in [3.63, 3.8) is 0 Å². The van der Waals surface area contributed by atoms with Crippen LogP contribution in [0.5, 0.6) is 0 Å². The molecule has 1 N–H and O–H groups in total. The van der Waals surface area contributed by atoms with E-state index in [0.717, 1.165) is 16.7 Å². The van der Waals surface area contributed by atoms with Crippen LogP contribution < -0.4 is 5.32 Å². The molecule has 6 heteroatoms. The summed E-state index contributed by atoms with van der Waals surface area (Å²) in [6.07, 6.45) is 4.38. The van der Waals surface area contributed by atoms with Crippen LogP contribution in [0.15, 0.2) is 85.2 Å². The first-order chi connectivity index (χ1) is 14.3. The fourth-order valence-corrected chi connectivity index (χ4v) is 3.00. The maximum Gasteiger partial charge on any atom is 0.250 e. The minimum absolute atomic E-state index is 0.105. The Labute approximate surface area is 169 Å². The summed E-state index contributed by atoms with van der Waals surface area (Å²) in [4.78, 5) is 21.6. The van der Waals surface area contributed by atoms with Gasteiger partial charge in [0, 0.05) is 30.9 Å². The summed E-state index contributed by atoms with van der Waals surface area (Å²) in [5, 5.41) is 7.71. The molecule has 0 amide bonds. The Hall–Kier alpha value is -3.80. The van der Waals surface area contributed by atoms with Crippen molar-refractivity contribution in [1.82, 2.24) is 19.7 Å². The number of nitrogens with zero attached hydrogens (tertiary/aromatic N) is 4. The number of aryl methyl sites for hydroxylation is 1. The number of hydrogen-bond donors (Lipinski definition) is 1. The van der Waals surface area contributed by atoms with Gasteiger partial charge in [-0.05, 0) is 29.7 Å². The highest BCUT2D eigenvalue weighted by Crippen LogP contribution is 2.18. The molecule has 0 bridgehead atoms. The molecular formula is C23H21N5O. The zero-order valence-electron chi connectivity index (χ0n) is 15.9. The molecule has 0 saturated carbocycles. The molecule has 0 aliphatic heterocycles. The fraction of sp³-hybridized carbons (Fsp3) is 0.130. The highest BCUT2D eigenvalue weighted by molar-refractivity contribution is 5.81. The zero-order chi connectivity index (χ0) is 19.9. The molecule has 2 aromatic heterocycles. The van der Waals surface area contributed by atoms with E-state index in [4.69, 9.17) is 0 Å². The summed E-state index contributed by atoms with van der Waals surface area (Å²) in [6, 6.07) is 23.6. The van der Waals surface area contributed by atoms with Gasteiger partial charge in [-0.15, -0.1) is 5.10 Å². The Morgan fingerprint density at radius 1 is 0.897 bits per heavy atom. The lowest BCUT2D eigenvalue weighted by molar-refractivity contribution is 0.0890. The highest BCUT2D eigenvalue weighted by Gasteiger charge is 2.17. The third-order valence-corrected chi connectivity index (χ3v) is 4.53. The molecule has 0 aliphatic carbocycles. The van der Waals surface area contributed by atoms with Crippen molar-refractivity contribution in [2.75, 3.05) is 5.32 Å². The van der Waals surface area contributed by atoms with Gasteiger partial charge in [-0.25, -0.2) is 0 Å². The number of anilines is 1. The second kappa shape index (κ2) is 8.93. The molecule has 0 radical (unpaired) electrons. The molecule has 4 rings (SSSR count). The highest BCUT2D eigenvalue weighted by atomic mass is 16.2. The van der Waals surface area contributed by atoms with Crippen molar-refractivity contribution in [3.8, 4) is 11.4 Å². The Morgan fingerprint density at radius 3 is 2.31 bits per heavy atom. The SMILES string of the molecule is O=C(CCc1ccccc1)n1nc(-c2cccnc2)nc1NCc1ccccc1. The van der Waals surface area contributed by atoms with Gasteiger partial charge in [0.2, 0.25) is 11.9 Å². The maximum absolute atomic E-state index is 12.9. The normalized spacial score (nSPS) is 10.6. The summed E-state index contributed by atoms with van der Waals surface area (Å²) in [7, 11) is 0. The number of carbonyl (C=O) groups excluding carboxylic acids is 1. The van der Waals surface area contributed by atoms with Gasteiger partial charge in [-0.1, -0.05) is 60.7 Å². The zero-order valence-corrected chi connectivity index (χ0v) is 15.9. The third-order valence-electron chi connectivity index (χ3n) is 4.53. The number of pyridine rings is 1. The summed E-state index contributed by atoms with van der Waals surface area (Å²) in [6.45, 7) is 0.554. The molecule has 29 heavy (non-hydrogen) atoms. The molecule has 0 fully saturated rings. The quantitative estimate of drug-likeness (QED) is 0.517. The molecule has 4 aromatic rings. The van der Waals surface area contributed by atoms with Gasteiger partial charge >= 0.3 is 0 Å². The number of rotatable bonds is 7. The van der Waals surface area contributed by atoms with Crippen LogP contribution in [-0.2, 0) is 13.0 Å². The van der Waals surface area contributed by atoms with Crippen molar-refractivity contribution in [2.45, 2.75) is 19.4 Å². The fourth-order valence-electron chi connectivity index (χ4n) is 3.00. The number of benzene rings is 2. The van der Waals surface area contributed by atoms with Gasteiger partial charge in [-0.3, -0.25) is 9.78 Å². The Kier molecular flexibility index (Phi) is 5.71. The number of aromatic nitrogens is 4. The van der Waals surface area contributed by atoms with Crippen molar-refractivity contribution in [1.29, 1.82) is 0 Å². The lowest BCUT2D eigenvalue weighted by atomic mass is 10.1. The maximum atomic E-state index is 12.9. The van der Waals surface area contributed by atoms with Crippen molar-refractivity contribution in [3.05, 3.63) is 96.3 Å². The smallest absolute Gasteiger partial charge is 0.250 e. The van der Waals surface area contributed by atoms with E-state index in [1.54, 1.807) is 12.4 Å². The standard InChI is InChI=1S/C23H21N5O/c29-21(14-13-18-8-3-1-4-9-18)28-23(25-16-19-10-5-2-6-11-19)26-22(27-28)20-12-7-15-24-17-20/h1-12,15,17H,13-14,16H2,(H,25,26,27). The van der Waals surface area contributed by atoms with E-state index >= 15 is 0 Å². The molecule has 6 nitrogen and oxygen atoms in total. The van der Waals surface area contributed by atoms with Crippen LogP contribution in [0.3, 0.4) is 0 Å². The first-order valence-corrected chi connectivity index (χ1v) is 9.52. The van der Waals surface area contributed by atoms with Crippen LogP contribution in [0.1, 0.15) is 22.3 Å². The molecule has 0 saturated heterocycles. The van der Waals surface area contributed by atoms with E-state index in [2.05, 4.69) is 20.4 Å². The predicted molar refractivity (Wildman–Crippen MR) is 112 cm³/mol. The molecule has 2 aromatic carbocycles. The first kappa shape index (κ1) is 18.6. The summed E-state index contributed by atoms with van der Waals surface area (Å²) >= 11 is 0. The van der Waals surface area contributed by atoms with E-state index in [1.165, 1.54) is 4.68 Å². The van der Waals surface area contributed by atoms with Crippen molar-refractivity contribution in [2.24, 2.45) is 0 Å². The molecule has 2 heterocycles. The van der Waals surface area contributed by atoms with E-state index in [9.17, 15) is 4.79 Å². The average Bonchev–Trinajstić information content (AvgIpc) is 3.22. The van der Waals surface area contributed by atoms with Crippen molar-refractivity contribution < 1.29 is 4.79 Å². The lowest BCUT2D eigenvalue weighted by Gasteiger charge is -2.07. The molecule has 0 unspecified atom stereocenters. The third kappa shape index (κ3) is 4.73. The van der Waals surface area contributed by atoms with Gasteiger partial charge in [0.05, 0.1) is 0 Å². The van der Waals surface area contributed by atoms with Crippen molar-refractivity contribution >= 4 is 11.9 Å². The monoisotopic (exact) mass is 383 g/mol. The molecule has 0 spiro atoms. The van der Waals surface area contributed by atoms with Gasteiger partial charge in [0.25, 0.3) is 0 Å². The predicted octanol–water partition coefficient (Wildman–Crippen LogP) is 4.23. The second-order valence-electron chi connectivity index (χ2n) is 6.63. The summed E-state index contributed by atoms with van der Waals surface area (Å²) in [5.41, 5.74) is 2.99. The largest absolute Gasteiger partial charge is 0.350 e. The minimum Gasteiger partial charge on any atom is -0.350 e. The Bertz CT molecular complexity index is 1060. The lowest BCUT2D eigenvalue weighted by Crippen LogP contribution is -2.17. The topological polar surface area (TPSA) is 72.7 Å². The number of nitrogens with one attached hydrogen (secondary N) is 1. The van der Waals surface area contributed by atoms with Crippen LogP contribution in [0, 0.1) is 0 Å². The van der Waals surface area contributed by atoms with Gasteiger partial charge in [-0.2, -0.15) is 9.67 Å². The first-order valence-electron chi connectivity index (χ1n) is 9.52. The van der Waals surface area contributed by atoms with Crippen LogP contribution in [0.25, 0.3) is 11.4 Å². The molecule has 0 aliphatic rings. The Balaban J connectivity index is 1.56. The van der Waals surface area contributed by atoms with Gasteiger partial charge < -0.3 is 5.32 Å². The molecule has 144 valence electrons. The van der Waals surface area contributed by atoms with E-state index in [-0.39, 0.29) is 5.91 Å². The van der Waals surface area contributed by atoms with E-state index in [0.29, 0.717) is 31.2 Å². The van der Waals surface area contributed by atoms with Gasteiger partial charge in [0.15, 0.2) is 5.82 Å². The van der Waals surface area contributed by atoms with Crippen LogP contribution in [-0.4, -0.2) is 25.7 Å².